The van der Waals surface area contributed by atoms with Crippen molar-refractivity contribution in [3.8, 4) is 0 Å². The lowest BCUT2D eigenvalue weighted by Crippen LogP contribution is -2.27. The summed E-state index contributed by atoms with van der Waals surface area (Å²) in [5.74, 6) is 2.74. The van der Waals surface area contributed by atoms with Crippen LogP contribution in [0.5, 0.6) is 0 Å². The molecule has 26 heavy (non-hydrogen) atoms. The molecule has 5 heteroatoms. The molecule has 1 heterocycles. The molecule has 0 amide bonds. The zero-order valence-electron chi connectivity index (χ0n) is 17.0. The Morgan fingerprint density at radius 1 is 1.38 bits per heavy atom. The van der Waals surface area contributed by atoms with Gasteiger partial charge in [0.05, 0.1) is 6.33 Å². The van der Waals surface area contributed by atoms with Gasteiger partial charge in [-0.1, -0.05) is 32.1 Å². The van der Waals surface area contributed by atoms with Crippen molar-refractivity contribution in [1.29, 1.82) is 0 Å². The third-order valence-corrected chi connectivity index (χ3v) is 4.73. The van der Waals surface area contributed by atoms with Gasteiger partial charge in [-0.2, -0.15) is 0 Å². The van der Waals surface area contributed by atoms with E-state index in [1.54, 1.807) is 7.05 Å². The van der Waals surface area contributed by atoms with E-state index in [0.29, 0.717) is 24.2 Å². The Labute approximate surface area is 158 Å². The van der Waals surface area contributed by atoms with Gasteiger partial charge >= 0.3 is 0 Å². The van der Waals surface area contributed by atoms with Crippen molar-refractivity contribution in [3.05, 3.63) is 35.7 Å². The van der Waals surface area contributed by atoms with Gasteiger partial charge in [-0.15, -0.1) is 0 Å². The molecule has 1 rings (SSSR count). The summed E-state index contributed by atoms with van der Waals surface area (Å²) >= 11 is 0. The second-order valence-corrected chi connectivity index (χ2v) is 7.25. The molecule has 0 aromatic heterocycles. The Morgan fingerprint density at radius 2 is 2.12 bits per heavy atom. The summed E-state index contributed by atoms with van der Waals surface area (Å²) in [5.41, 5.74) is 7.30. The zero-order chi connectivity index (χ0) is 19.5. The van der Waals surface area contributed by atoms with Crippen LogP contribution in [0.15, 0.2) is 45.7 Å². The fraction of sp³-hybridized carbons (Fsp3) is 0.619. The first-order valence-electron chi connectivity index (χ1n) is 9.52. The Morgan fingerprint density at radius 3 is 2.62 bits per heavy atom. The van der Waals surface area contributed by atoms with Gasteiger partial charge in [0, 0.05) is 26.7 Å². The van der Waals surface area contributed by atoms with E-state index >= 15 is 0 Å². The molecule has 146 valence electrons. The van der Waals surface area contributed by atoms with Crippen LogP contribution >= 0.6 is 0 Å². The highest BCUT2D eigenvalue weighted by Gasteiger charge is 2.20. The summed E-state index contributed by atoms with van der Waals surface area (Å²) in [5, 5.41) is 0. The van der Waals surface area contributed by atoms with E-state index in [-0.39, 0.29) is 12.5 Å². The van der Waals surface area contributed by atoms with Crippen molar-refractivity contribution in [3.63, 3.8) is 0 Å². The first-order chi connectivity index (χ1) is 12.4. The molecule has 0 aromatic rings. The number of nitrogens with two attached hydrogens (primary N) is 1. The highest BCUT2D eigenvalue weighted by atomic mass is 19.1. The van der Waals surface area contributed by atoms with E-state index in [2.05, 4.69) is 36.7 Å². The fourth-order valence-corrected chi connectivity index (χ4v) is 3.23. The van der Waals surface area contributed by atoms with Crippen molar-refractivity contribution in [2.75, 3.05) is 26.7 Å². The van der Waals surface area contributed by atoms with Gasteiger partial charge in [-0.25, -0.2) is 9.38 Å². The monoisotopic (exact) mass is 362 g/mol. The number of rotatable bonds is 7. The molecule has 0 aromatic carbocycles. The fourth-order valence-electron chi connectivity index (χ4n) is 3.23. The van der Waals surface area contributed by atoms with Crippen LogP contribution in [-0.4, -0.2) is 43.3 Å². The Balaban J connectivity index is 2.95. The standard InChI is InChI=1S/C21H35FN4/c1-6-7-8-20(12-17(3)11-19(13-22)14-23)21(24-5)25-18(4)26-10-9-16(2)15-26/h6-8,13,16-17H,9-12,14-15,23H2,1-5H3/b7-6+,19-13-,20-8+,24-21-,25-18+/t16?,17-/m1/s1. The minimum atomic E-state index is 0.258. The largest absolute Gasteiger partial charge is 0.360 e. The highest BCUT2D eigenvalue weighted by Crippen LogP contribution is 2.22. The smallest absolute Gasteiger partial charge is 0.152 e. The number of hydrogen-bond donors (Lipinski definition) is 1. The number of aliphatic imine (C=N–C) groups is 2. The van der Waals surface area contributed by atoms with Gasteiger partial charge in [0.1, 0.15) is 5.84 Å². The molecular weight excluding hydrogens is 327 g/mol. The van der Waals surface area contributed by atoms with Gasteiger partial charge in [0.2, 0.25) is 0 Å². The number of hydrogen-bond acceptors (Lipinski definition) is 2. The summed E-state index contributed by atoms with van der Waals surface area (Å²) < 4.78 is 12.8. The van der Waals surface area contributed by atoms with Crippen molar-refractivity contribution in [2.45, 2.75) is 47.0 Å². The lowest BCUT2D eigenvalue weighted by atomic mass is 9.93. The van der Waals surface area contributed by atoms with Crippen LogP contribution in [0.3, 0.4) is 0 Å². The SMILES string of the molecule is C/C=C/C=C(C[C@H](C)C/C(=C/F)CN)/C(=N/C)/N=C(\C)N1CCC(C)C1. The van der Waals surface area contributed by atoms with Gasteiger partial charge in [-0.05, 0) is 56.1 Å². The van der Waals surface area contributed by atoms with Crippen LogP contribution in [0.2, 0.25) is 0 Å². The van der Waals surface area contributed by atoms with Crippen LogP contribution in [0.1, 0.15) is 47.0 Å². The van der Waals surface area contributed by atoms with E-state index in [9.17, 15) is 4.39 Å². The molecule has 1 saturated heterocycles. The maximum absolute atomic E-state index is 12.8. The van der Waals surface area contributed by atoms with Gasteiger partial charge in [-0.3, -0.25) is 4.99 Å². The normalized spacial score (nSPS) is 21.8. The Hall–Kier alpha value is -1.75. The number of allylic oxidation sites excluding steroid dienone is 3. The molecule has 1 aliphatic rings. The summed E-state index contributed by atoms with van der Waals surface area (Å²) in [6, 6.07) is 0. The molecule has 0 radical (unpaired) electrons. The second kappa shape index (κ2) is 11.8. The molecule has 4 nitrogen and oxygen atoms in total. The average molecular weight is 363 g/mol. The van der Waals surface area contributed by atoms with Crippen LogP contribution in [-0.2, 0) is 0 Å². The number of likely N-dealkylation sites (tertiary alicyclic amines) is 1. The third kappa shape index (κ3) is 7.24. The molecule has 2 atom stereocenters. The summed E-state index contributed by atoms with van der Waals surface area (Å²) in [7, 11) is 1.78. The molecule has 1 fully saturated rings. The van der Waals surface area contributed by atoms with Gasteiger partial charge in [0.25, 0.3) is 0 Å². The van der Waals surface area contributed by atoms with E-state index in [1.165, 1.54) is 6.42 Å². The average Bonchev–Trinajstić information content (AvgIpc) is 3.07. The van der Waals surface area contributed by atoms with Crippen LogP contribution in [0, 0.1) is 11.8 Å². The molecule has 0 saturated carbocycles. The Bertz CT molecular complexity index is 587. The quantitative estimate of drug-likeness (QED) is 0.412. The maximum atomic E-state index is 12.8. The van der Waals surface area contributed by atoms with E-state index in [4.69, 9.17) is 10.7 Å². The van der Waals surface area contributed by atoms with Crippen LogP contribution in [0.4, 0.5) is 4.39 Å². The van der Waals surface area contributed by atoms with Gasteiger partial charge in [0.15, 0.2) is 5.84 Å². The zero-order valence-corrected chi connectivity index (χ0v) is 17.0. The predicted octanol–water partition coefficient (Wildman–Crippen LogP) is 4.51. The summed E-state index contributed by atoms with van der Waals surface area (Å²) in [4.78, 5) is 11.6. The minimum absolute atomic E-state index is 0.258. The number of halogens is 1. The van der Waals surface area contributed by atoms with E-state index in [1.807, 2.05) is 19.1 Å². The molecule has 0 spiro atoms. The second-order valence-electron chi connectivity index (χ2n) is 7.25. The lowest BCUT2D eigenvalue weighted by molar-refractivity contribution is 0.492. The molecule has 0 aliphatic carbocycles. The first kappa shape index (κ1) is 22.3. The van der Waals surface area contributed by atoms with E-state index < -0.39 is 0 Å². The number of nitrogens with zero attached hydrogens (tertiary/aromatic N) is 3. The van der Waals surface area contributed by atoms with Crippen LogP contribution in [0.25, 0.3) is 0 Å². The van der Waals surface area contributed by atoms with Crippen molar-refractivity contribution >= 4 is 11.7 Å². The van der Waals surface area contributed by atoms with Crippen LogP contribution < -0.4 is 5.73 Å². The lowest BCUT2D eigenvalue weighted by Gasteiger charge is -2.19. The van der Waals surface area contributed by atoms with Crippen molar-refractivity contribution < 1.29 is 4.39 Å². The molecule has 1 unspecified atom stereocenters. The molecular formula is C21H35FN4. The maximum Gasteiger partial charge on any atom is 0.152 e. The van der Waals surface area contributed by atoms with Crippen molar-refractivity contribution in [1.82, 2.24) is 4.90 Å². The molecule has 2 N–H and O–H groups in total. The first-order valence-corrected chi connectivity index (χ1v) is 9.52. The topological polar surface area (TPSA) is 54.0 Å². The van der Waals surface area contributed by atoms with E-state index in [0.717, 1.165) is 36.8 Å². The Kier molecular flexibility index (Phi) is 10.1. The third-order valence-electron chi connectivity index (χ3n) is 4.73. The summed E-state index contributed by atoms with van der Waals surface area (Å²) in [6.45, 7) is 10.8. The highest BCUT2D eigenvalue weighted by molar-refractivity contribution is 6.05. The summed E-state index contributed by atoms with van der Waals surface area (Å²) in [6.07, 6.45) is 9.32. The predicted molar refractivity (Wildman–Crippen MR) is 111 cm³/mol. The minimum Gasteiger partial charge on any atom is -0.360 e. The number of amidine groups is 2. The van der Waals surface area contributed by atoms with Crippen molar-refractivity contribution in [2.24, 2.45) is 27.6 Å². The molecule has 1 aliphatic heterocycles. The molecule has 0 bridgehead atoms. The van der Waals surface area contributed by atoms with Gasteiger partial charge < -0.3 is 10.6 Å².